The Morgan fingerprint density at radius 3 is 2.69 bits per heavy atom. The number of hydrogen-bond acceptors (Lipinski definition) is 5. The van der Waals surface area contributed by atoms with Crippen LogP contribution in [0.4, 0.5) is 17.3 Å². The number of nitrogen functional groups attached to an aromatic ring is 1. The van der Waals surface area contributed by atoms with Crippen molar-refractivity contribution in [2.24, 2.45) is 0 Å². The predicted octanol–water partition coefficient (Wildman–Crippen LogP) is 1.97. The van der Waals surface area contributed by atoms with Crippen LogP contribution in [0.1, 0.15) is 25.7 Å². The summed E-state index contributed by atoms with van der Waals surface area (Å²) in [7, 11) is 0. The van der Waals surface area contributed by atoms with Crippen molar-refractivity contribution in [3.05, 3.63) is 19.1 Å². The molecule has 0 atom stereocenters. The lowest BCUT2D eigenvalue weighted by atomic mass is 10.2. The third-order valence-electron chi connectivity index (χ3n) is 2.82. The molecule has 1 saturated carbocycles. The Hall–Kier alpha value is -1.78. The van der Waals surface area contributed by atoms with E-state index in [0.29, 0.717) is 23.4 Å². The average molecular weight is 219 g/mol. The monoisotopic (exact) mass is 219 g/mol. The summed E-state index contributed by atoms with van der Waals surface area (Å²) in [5.74, 6) is 1.32. The van der Waals surface area contributed by atoms with Gasteiger partial charge in [-0.05, 0) is 19.0 Å². The van der Waals surface area contributed by atoms with E-state index in [4.69, 9.17) is 5.73 Å². The van der Waals surface area contributed by atoms with Crippen molar-refractivity contribution in [2.45, 2.75) is 31.7 Å². The fourth-order valence-corrected chi connectivity index (χ4v) is 1.99. The minimum Gasteiger partial charge on any atom is -0.393 e. The average Bonchev–Trinajstić information content (AvgIpc) is 2.77. The van der Waals surface area contributed by atoms with Crippen molar-refractivity contribution < 1.29 is 0 Å². The summed E-state index contributed by atoms with van der Waals surface area (Å²) < 4.78 is 0. The summed E-state index contributed by atoms with van der Waals surface area (Å²) in [6.45, 7) is 3.58. The van der Waals surface area contributed by atoms with Crippen LogP contribution in [0.3, 0.4) is 0 Å². The second kappa shape index (κ2) is 4.83. The van der Waals surface area contributed by atoms with Crippen molar-refractivity contribution in [2.75, 3.05) is 16.4 Å². The van der Waals surface area contributed by atoms with Gasteiger partial charge in [0.15, 0.2) is 11.6 Å². The van der Waals surface area contributed by atoms with Crippen molar-refractivity contribution >= 4 is 17.3 Å². The number of nitrogens with two attached hydrogens (primary N) is 1. The topological polar surface area (TPSA) is 75.9 Å². The van der Waals surface area contributed by atoms with Gasteiger partial charge in [-0.25, -0.2) is 9.97 Å². The second-order valence-electron chi connectivity index (χ2n) is 3.96. The smallest absolute Gasteiger partial charge is 0.158 e. The summed E-state index contributed by atoms with van der Waals surface area (Å²) in [6.07, 6.45) is 7.99. The maximum absolute atomic E-state index is 5.95. The normalized spacial score (nSPS) is 16.0. The molecule has 1 aromatic rings. The van der Waals surface area contributed by atoms with E-state index >= 15 is 0 Å². The summed E-state index contributed by atoms with van der Waals surface area (Å²) in [6, 6.07) is 0.494. The fraction of sp³-hybridized carbons (Fsp3) is 0.455. The lowest BCUT2D eigenvalue weighted by Crippen LogP contribution is -2.17. The van der Waals surface area contributed by atoms with Crippen LogP contribution in [-0.4, -0.2) is 16.0 Å². The largest absolute Gasteiger partial charge is 0.393 e. The molecule has 0 unspecified atom stereocenters. The van der Waals surface area contributed by atoms with Gasteiger partial charge < -0.3 is 16.4 Å². The van der Waals surface area contributed by atoms with Gasteiger partial charge >= 0.3 is 0 Å². The number of rotatable bonds is 4. The van der Waals surface area contributed by atoms with Crippen molar-refractivity contribution in [3.8, 4) is 0 Å². The molecule has 0 bridgehead atoms. The fourth-order valence-electron chi connectivity index (χ4n) is 1.99. The lowest BCUT2D eigenvalue weighted by Gasteiger charge is -2.15. The molecule has 0 radical (unpaired) electrons. The Labute approximate surface area is 95.2 Å². The molecule has 86 valence electrons. The van der Waals surface area contributed by atoms with Crippen LogP contribution in [0.2, 0.25) is 0 Å². The Bertz CT molecular complexity index is 371. The zero-order chi connectivity index (χ0) is 11.4. The van der Waals surface area contributed by atoms with Crippen LogP contribution in [0.25, 0.3) is 0 Å². The number of nitrogens with zero attached hydrogens (tertiary/aromatic N) is 2. The van der Waals surface area contributed by atoms with Crippen molar-refractivity contribution in [3.63, 3.8) is 0 Å². The number of anilines is 3. The zero-order valence-electron chi connectivity index (χ0n) is 9.24. The van der Waals surface area contributed by atoms with E-state index in [2.05, 4.69) is 27.2 Å². The molecule has 0 saturated heterocycles. The van der Waals surface area contributed by atoms with Crippen LogP contribution in [0, 0.1) is 0 Å². The molecule has 5 nitrogen and oxygen atoms in total. The highest BCUT2D eigenvalue weighted by Crippen LogP contribution is 2.27. The lowest BCUT2D eigenvalue weighted by molar-refractivity contribution is 0.750. The molecule has 1 heterocycles. The SMILES string of the molecule is C=CNc1ncnc(NC2CCCC2)c1N. The number of hydrogen-bond donors (Lipinski definition) is 3. The van der Waals surface area contributed by atoms with Crippen LogP contribution in [0.5, 0.6) is 0 Å². The Morgan fingerprint density at radius 1 is 1.31 bits per heavy atom. The van der Waals surface area contributed by atoms with E-state index in [9.17, 15) is 0 Å². The Balaban J connectivity index is 2.13. The molecular formula is C11H17N5. The second-order valence-corrected chi connectivity index (χ2v) is 3.96. The maximum Gasteiger partial charge on any atom is 0.158 e. The van der Waals surface area contributed by atoms with Crippen LogP contribution in [-0.2, 0) is 0 Å². The first kappa shape index (κ1) is 10.7. The maximum atomic E-state index is 5.95. The molecule has 0 aliphatic heterocycles. The molecule has 1 aliphatic rings. The highest BCUT2D eigenvalue weighted by Gasteiger charge is 2.17. The van der Waals surface area contributed by atoms with Gasteiger partial charge in [0.1, 0.15) is 12.0 Å². The van der Waals surface area contributed by atoms with E-state index < -0.39 is 0 Å². The third-order valence-corrected chi connectivity index (χ3v) is 2.82. The highest BCUT2D eigenvalue weighted by atomic mass is 15.1. The summed E-state index contributed by atoms with van der Waals surface area (Å²) in [5, 5.41) is 6.25. The summed E-state index contributed by atoms with van der Waals surface area (Å²) in [4.78, 5) is 8.21. The molecular weight excluding hydrogens is 202 g/mol. The molecule has 0 amide bonds. The highest BCUT2D eigenvalue weighted by molar-refractivity contribution is 5.74. The molecule has 1 fully saturated rings. The molecule has 0 spiro atoms. The van der Waals surface area contributed by atoms with Crippen molar-refractivity contribution in [1.29, 1.82) is 0 Å². The van der Waals surface area contributed by atoms with Gasteiger partial charge in [-0.15, -0.1) is 0 Å². The van der Waals surface area contributed by atoms with Crippen LogP contribution in [0.15, 0.2) is 19.1 Å². The molecule has 1 aromatic heterocycles. The summed E-state index contributed by atoms with van der Waals surface area (Å²) >= 11 is 0. The van der Waals surface area contributed by atoms with Crippen LogP contribution >= 0.6 is 0 Å². The molecule has 16 heavy (non-hydrogen) atoms. The molecule has 2 rings (SSSR count). The first-order valence-electron chi connectivity index (χ1n) is 5.55. The van der Waals surface area contributed by atoms with E-state index in [1.807, 2.05) is 0 Å². The van der Waals surface area contributed by atoms with Gasteiger partial charge in [0.25, 0.3) is 0 Å². The predicted molar refractivity (Wildman–Crippen MR) is 66.1 cm³/mol. The Kier molecular flexibility index (Phi) is 3.24. The van der Waals surface area contributed by atoms with E-state index in [1.165, 1.54) is 32.0 Å². The van der Waals surface area contributed by atoms with E-state index in [0.717, 1.165) is 0 Å². The van der Waals surface area contributed by atoms with Crippen molar-refractivity contribution in [1.82, 2.24) is 9.97 Å². The van der Waals surface area contributed by atoms with E-state index in [1.54, 1.807) is 6.20 Å². The molecule has 0 aromatic carbocycles. The first-order valence-corrected chi connectivity index (χ1v) is 5.55. The first-order chi connectivity index (χ1) is 7.81. The molecule has 4 N–H and O–H groups in total. The summed E-state index contributed by atoms with van der Waals surface area (Å²) in [5.41, 5.74) is 6.50. The molecule has 1 aliphatic carbocycles. The van der Waals surface area contributed by atoms with E-state index in [-0.39, 0.29) is 0 Å². The van der Waals surface area contributed by atoms with Crippen LogP contribution < -0.4 is 16.4 Å². The minimum atomic E-state index is 0.494. The zero-order valence-corrected chi connectivity index (χ0v) is 9.24. The van der Waals surface area contributed by atoms with Gasteiger partial charge in [0.2, 0.25) is 0 Å². The Morgan fingerprint density at radius 2 is 2.00 bits per heavy atom. The third kappa shape index (κ3) is 2.24. The van der Waals surface area contributed by atoms with Gasteiger partial charge in [0.05, 0.1) is 0 Å². The molecule has 5 heteroatoms. The van der Waals surface area contributed by atoms with Gasteiger partial charge in [0, 0.05) is 6.04 Å². The quantitative estimate of drug-likeness (QED) is 0.721. The number of nitrogens with one attached hydrogen (secondary N) is 2. The van der Waals surface area contributed by atoms with Gasteiger partial charge in [-0.1, -0.05) is 19.4 Å². The standard InChI is InChI=1S/C11H17N5/c1-2-13-10-9(12)11(15-7-14-10)16-8-5-3-4-6-8/h2,7-8H,1,3-6,12H2,(H2,13,14,15,16). The minimum absolute atomic E-state index is 0.494. The van der Waals surface area contributed by atoms with Gasteiger partial charge in [-0.2, -0.15) is 0 Å². The number of aromatic nitrogens is 2. The van der Waals surface area contributed by atoms with Gasteiger partial charge in [-0.3, -0.25) is 0 Å².